The highest BCUT2D eigenvalue weighted by molar-refractivity contribution is 6.64. The number of rotatable bonds is 3. The number of hydrogen-bond donors (Lipinski definition) is 2. The molecule has 0 fully saturated rings. The molecule has 60 valence electrons. The van der Waals surface area contributed by atoms with Crippen LogP contribution in [0.1, 0.15) is 5.69 Å². The first-order valence-electron chi connectivity index (χ1n) is 3.12. The molecule has 0 radical (unpaired) electrons. The smallest absolute Gasteiger partial charge is 0.238 e. The zero-order chi connectivity index (χ0) is 8.27. The number of halogens is 1. The number of carbonyl (C=O) groups excluding carboxylic acids is 1. The molecule has 0 bridgehead atoms. The van der Waals surface area contributed by atoms with Gasteiger partial charge >= 0.3 is 0 Å². The van der Waals surface area contributed by atoms with E-state index in [0.29, 0.717) is 6.42 Å². The van der Waals surface area contributed by atoms with E-state index in [0.717, 1.165) is 5.69 Å². The minimum Gasteiger partial charge on any atom is -0.348 e. The van der Waals surface area contributed by atoms with Crippen molar-refractivity contribution < 1.29 is 4.79 Å². The number of aromatic amines is 1. The molecule has 1 aromatic rings. The van der Waals surface area contributed by atoms with E-state index in [2.05, 4.69) is 9.97 Å². The number of imidazole rings is 1. The fraction of sp³-hybridized carbons (Fsp3) is 0.333. The highest BCUT2D eigenvalue weighted by Gasteiger charge is 2.11. The topological polar surface area (TPSA) is 71.8 Å². The maximum absolute atomic E-state index is 10.5. The zero-order valence-electron chi connectivity index (χ0n) is 5.75. The van der Waals surface area contributed by atoms with Gasteiger partial charge in [0.05, 0.1) is 12.4 Å². The van der Waals surface area contributed by atoms with Crippen LogP contribution in [0.25, 0.3) is 0 Å². The SMILES string of the molecule is N[C@H](Cc1cnc[nH]1)C(=O)Cl. The van der Waals surface area contributed by atoms with Crippen LogP contribution in [0.2, 0.25) is 0 Å². The summed E-state index contributed by atoms with van der Waals surface area (Å²) in [6.45, 7) is 0. The number of H-pyrrole nitrogens is 1. The van der Waals surface area contributed by atoms with Crippen molar-refractivity contribution >= 4 is 16.8 Å². The van der Waals surface area contributed by atoms with Crippen LogP contribution in [0.5, 0.6) is 0 Å². The Balaban J connectivity index is 2.50. The number of nitrogens with one attached hydrogen (secondary N) is 1. The molecular formula is C6H8ClN3O. The molecule has 5 heteroatoms. The molecule has 0 amide bonds. The molecule has 0 aromatic carbocycles. The molecule has 11 heavy (non-hydrogen) atoms. The molecule has 0 aliphatic rings. The van der Waals surface area contributed by atoms with Crippen LogP contribution >= 0.6 is 11.6 Å². The van der Waals surface area contributed by atoms with Gasteiger partial charge in [0.25, 0.3) is 0 Å². The number of nitrogens with two attached hydrogens (primary N) is 1. The van der Waals surface area contributed by atoms with Gasteiger partial charge in [0.15, 0.2) is 0 Å². The van der Waals surface area contributed by atoms with Crippen LogP contribution in [0.15, 0.2) is 12.5 Å². The van der Waals surface area contributed by atoms with E-state index in [9.17, 15) is 4.79 Å². The largest absolute Gasteiger partial charge is 0.348 e. The Hall–Kier alpha value is -0.870. The predicted octanol–water partition coefficient (Wildman–Crippen LogP) is 0.0449. The van der Waals surface area contributed by atoms with Gasteiger partial charge in [0, 0.05) is 18.3 Å². The quantitative estimate of drug-likeness (QED) is 0.635. The predicted molar refractivity (Wildman–Crippen MR) is 41.1 cm³/mol. The molecule has 0 saturated heterocycles. The van der Waals surface area contributed by atoms with Gasteiger partial charge in [-0.25, -0.2) is 4.98 Å². The summed E-state index contributed by atoms with van der Waals surface area (Å²) in [6, 6.07) is -0.642. The van der Waals surface area contributed by atoms with E-state index < -0.39 is 11.3 Å². The average molecular weight is 174 g/mol. The fourth-order valence-electron chi connectivity index (χ4n) is 0.713. The number of aromatic nitrogens is 2. The summed E-state index contributed by atoms with van der Waals surface area (Å²) in [4.78, 5) is 17.1. The van der Waals surface area contributed by atoms with Crippen molar-refractivity contribution in [3.8, 4) is 0 Å². The molecule has 4 nitrogen and oxygen atoms in total. The molecule has 0 unspecified atom stereocenters. The highest BCUT2D eigenvalue weighted by atomic mass is 35.5. The van der Waals surface area contributed by atoms with E-state index in [4.69, 9.17) is 17.3 Å². The summed E-state index contributed by atoms with van der Waals surface area (Å²) >= 11 is 5.15. The molecule has 0 saturated carbocycles. The van der Waals surface area contributed by atoms with Crippen LogP contribution in [-0.4, -0.2) is 21.3 Å². The van der Waals surface area contributed by atoms with Gasteiger partial charge in [-0.3, -0.25) is 4.79 Å². The first-order chi connectivity index (χ1) is 5.20. The number of carbonyl (C=O) groups is 1. The molecule has 1 atom stereocenters. The lowest BCUT2D eigenvalue weighted by Crippen LogP contribution is -2.29. The van der Waals surface area contributed by atoms with Crippen LogP contribution < -0.4 is 5.73 Å². The van der Waals surface area contributed by atoms with E-state index in [-0.39, 0.29) is 0 Å². The monoisotopic (exact) mass is 173 g/mol. The summed E-state index contributed by atoms with van der Waals surface area (Å²) < 4.78 is 0. The second kappa shape index (κ2) is 3.50. The maximum Gasteiger partial charge on any atom is 0.238 e. The lowest BCUT2D eigenvalue weighted by atomic mass is 10.2. The summed E-state index contributed by atoms with van der Waals surface area (Å²) in [6.07, 6.45) is 3.54. The minimum atomic E-state index is -0.642. The molecule has 0 spiro atoms. The average Bonchev–Trinajstić information content (AvgIpc) is 2.39. The van der Waals surface area contributed by atoms with Gasteiger partial charge in [-0.1, -0.05) is 0 Å². The van der Waals surface area contributed by atoms with Crippen molar-refractivity contribution in [1.82, 2.24) is 9.97 Å². The molecule has 1 aromatic heterocycles. The normalized spacial score (nSPS) is 12.9. The Morgan fingerprint density at radius 2 is 2.64 bits per heavy atom. The van der Waals surface area contributed by atoms with Crippen molar-refractivity contribution in [2.24, 2.45) is 5.73 Å². The third-order valence-electron chi connectivity index (χ3n) is 1.29. The first kappa shape index (κ1) is 8.23. The van der Waals surface area contributed by atoms with Gasteiger partial charge in [-0.05, 0) is 11.6 Å². The van der Waals surface area contributed by atoms with Crippen molar-refractivity contribution in [1.29, 1.82) is 0 Å². The van der Waals surface area contributed by atoms with E-state index in [1.165, 1.54) is 6.33 Å². The number of nitrogens with zero attached hydrogens (tertiary/aromatic N) is 1. The summed E-state index contributed by atoms with van der Waals surface area (Å²) in [5.41, 5.74) is 6.19. The second-order valence-corrected chi connectivity index (χ2v) is 2.56. The third kappa shape index (κ3) is 2.32. The van der Waals surface area contributed by atoms with Crippen molar-refractivity contribution in [3.63, 3.8) is 0 Å². The first-order valence-corrected chi connectivity index (χ1v) is 3.50. The Bertz CT molecular complexity index is 234. The Labute approximate surface area is 68.8 Å². The zero-order valence-corrected chi connectivity index (χ0v) is 6.51. The second-order valence-electron chi connectivity index (χ2n) is 2.19. The van der Waals surface area contributed by atoms with Gasteiger partial charge in [-0.15, -0.1) is 0 Å². The summed E-state index contributed by atoms with van der Waals surface area (Å²) in [5.74, 6) is 0. The lowest BCUT2D eigenvalue weighted by Gasteiger charge is -2.02. The Kier molecular flexibility index (Phi) is 2.62. The summed E-state index contributed by atoms with van der Waals surface area (Å²) in [7, 11) is 0. The lowest BCUT2D eigenvalue weighted by molar-refractivity contribution is -0.112. The van der Waals surface area contributed by atoms with Crippen molar-refractivity contribution in [2.45, 2.75) is 12.5 Å². The Morgan fingerprint density at radius 3 is 3.09 bits per heavy atom. The van der Waals surface area contributed by atoms with Gasteiger partial charge in [0.1, 0.15) is 0 Å². The molecule has 1 rings (SSSR count). The standard InChI is InChI=1S/C6H8ClN3O/c7-6(11)5(8)1-4-2-9-3-10-4/h2-3,5H,1,8H2,(H,9,10)/t5-/m1/s1. The maximum atomic E-state index is 10.5. The summed E-state index contributed by atoms with van der Waals surface area (Å²) in [5, 5.41) is -0.528. The van der Waals surface area contributed by atoms with E-state index >= 15 is 0 Å². The molecule has 0 aliphatic heterocycles. The van der Waals surface area contributed by atoms with E-state index in [1.807, 2.05) is 0 Å². The van der Waals surface area contributed by atoms with E-state index in [1.54, 1.807) is 6.20 Å². The Morgan fingerprint density at radius 1 is 1.91 bits per heavy atom. The number of hydrogen-bond acceptors (Lipinski definition) is 3. The van der Waals surface area contributed by atoms with Gasteiger partial charge in [0.2, 0.25) is 5.24 Å². The van der Waals surface area contributed by atoms with Gasteiger partial charge < -0.3 is 10.7 Å². The highest BCUT2D eigenvalue weighted by Crippen LogP contribution is 1.98. The van der Waals surface area contributed by atoms with Crippen molar-refractivity contribution in [3.05, 3.63) is 18.2 Å². The minimum absolute atomic E-state index is 0.405. The fourth-order valence-corrected chi connectivity index (χ4v) is 0.791. The van der Waals surface area contributed by atoms with Crippen LogP contribution in [0.3, 0.4) is 0 Å². The van der Waals surface area contributed by atoms with Crippen LogP contribution in [0, 0.1) is 0 Å². The van der Waals surface area contributed by atoms with Crippen LogP contribution in [0.4, 0.5) is 0 Å². The third-order valence-corrected chi connectivity index (χ3v) is 1.57. The molecule has 3 N–H and O–H groups in total. The van der Waals surface area contributed by atoms with Gasteiger partial charge in [-0.2, -0.15) is 0 Å². The molecular weight excluding hydrogens is 166 g/mol. The van der Waals surface area contributed by atoms with Crippen LogP contribution in [-0.2, 0) is 11.2 Å². The molecule has 1 heterocycles. The van der Waals surface area contributed by atoms with Crippen molar-refractivity contribution in [2.75, 3.05) is 0 Å². The molecule has 0 aliphatic carbocycles.